The van der Waals surface area contributed by atoms with E-state index in [-0.39, 0.29) is 21.1 Å². The average Bonchev–Trinajstić information content (AvgIpc) is 2.73. The molecule has 1 aliphatic heterocycles. The average molecular weight is 421 g/mol. The third kappa shape index (κ3) is 3.44. The lowest BCUT2D eigenvalue weighted by Gasteiger charge is -2.29. The molecule has 4 rings (SSSR count). The van der Waals surface area contributed by atoms with E-state index in [2.05, 4.69) is 0 Å². The van der Waals surface area contributed by atoms with Crippen molar-refractivity contribution >= 4 is 27.0 Å². The van der Waals surface area contributed by atoms with Gasteiger partial charge in [-0.15, -0.1) is 0 Å². The van der Waals surface area contributed by atoms with Crippen LogP contribution in [0.2, 0.25) is 0 Å². The van der Waals surface area contributed by atoms with E-state index >= 15 is 0 Å². The van der Waals surface area contributed by atoms with Gasteiger partial charge in [0.25, 0.3) is 0 Å². The van der Waals surface area contributed by atoms with Gasteiger partial charge in [-0.05, 0) is 49.2 Å². The number of carbonyl (C=O) groups excluding carboxylic acids is 1. The van der Waals surface area contributed by atoms with Crippen molar-refractivity contribution in [2.24, 2.45) is 0 Å². The fourth-order valence-electron chi connectivity index (χ4n) is 3.45. The zero-order valence-electron chi connectivity index (χ0n) is 16.6. The van der Waals surface area contributed by atoms with Crippen LogP contribution in [0.4, 0.5) is 15.8 Å². The van der Waals surface area contributed by atoms with Gasteiger partial charge in [-0.1, -0.05) is 48.9 Å². The van der Waals surface area contributed by atoms with Gasteiger partial charge < -0.3 is 4.90 Å². The zero-order valence-corrected chi connectivity index (χ0v) is 17.4. The van der Waals surface area contributed by atoms with Crippen molar-refractivity contribution in [2.45, 2.75) is 25.2 Å². The van der Waals surface area contributed by atoms with Crippen LogP contribution in [-0.2, 0) is 16.3 Å². The predicted molar refractivity (Wildman–Crippen MR) is 115 cm³/mol. The number of sulfone groups is 1. The Morgan fingerprint density at radius 3 is 2.43 bits per heavy atom. The second kappa shape index (κ2) is 7.54. The third-order valence-electron chi connectivity index (χ3n) is 5.14. The van der Waals surface area contributed by atoms with E-state index in [0.717, 1.165) is 23.6 Å². The highest BCUT2D eigenvalue weighted by Crippen LogP contribution is 2.41. The molecule has 152 valence electrons. The Balaban J connectivity index is 1.93. The Bertz CT molecular complexity index is 1280. The van der Waals surface area contributed by atoms with Crippen LogP contribution >= 0.6 is 0 Å². The minimum absolute atomic E-state index is 0.0937. The number of nitrogens with zero attached hydrogens (tertiary/aromatic N) is 1. The van der Waals surface area contributed by atoms with E-state index < -0.39 is 21.4 Å². The van der Waals surface area contributed by atoms with Crippen molar-refractivity contribution in [2.75, 3.05) is 4.90 Å². The number of allylic oxidation sites excluding steroid dienone is 1. The van der Waals surface area contributed by atoms with Gasteiger partial charge in [-0.2, -0.15) is 0 Å². The Labute approximate surface area is 175 Å². The molecule has 3 aromatic rings. The maximum Gasteiger partial charge on any atom is 0.214 e. The number of aryl methyl sites for hydroxylation is 2. The number of halogens is 1. The van der Waals surface area contributed by atoms with Crippen LogP contribution in [0.3, 0.4) is 0 Å². The predicted octanol–water partition coefficient (Wildman–Crippen LogP) is 5.35. The van der Waals surface area contributed by atoms with Crippen molar-refractivity contribution in [3.05, 3.63) is 100 Å². The second-order valence-electron chi connectivity index (χ2n) is 7.20. The number of Topliss-reactive ketones (excluding diaryl/α,β-unsaturated/α-hetero) is 1. The summed E-state index contributed by atoms with van der Waals surface area (Å²) < 4.78 is 40.5. The van der Waals surface area contributed by atoms with Gasteiger partial charge in [0.05, 0.1) is 10.6 Å². The van der Waals surface area contributed by atoms with Crippen LogP contribution in [0, 0.1) is 12.7 Å². The molecule has 0 radical (unpaired) electrons. The van der Waals surface area contributed by atoms with Gasteiger partial charge in [0, 0.05) is 17.5 Å². The lowest BCUT2D eigenvalue weighted by atomic mass is 10.1. The van der Waals surface area contributed by atoms with Gasteiger partial charge >= 0.3 is 0 Å². The summed E-state index contributed by atoms with van der Waals surface area (Å²) in [6.45, 7) is 3.90. The van der Waals surface area contributed by atoms with Crippen molar-refractivity contribution in [1.29, 1.82) is 0 Å². The Kier molecular flexibility index (Phi) is 5.03. The summed E-state index contributed by atoms with van der Waals surface area (Å²) >= 11 is 0. The maximum absolute atomic E-state index is 14.0. The van der Waals surface area contributed by atoms with Gasteiger partial charge in [-0.25, -0.2) is 12.8 Å². The molecule has 0 N–H and O–H groups in total. The van der Waals surface area contributed by atoms with E-state index in [0.29, 0.717) is 5.69 Å². The SMILES string of the molecule is CCc1cccc(N2C=C(C(=O)c3ccc(C)cc3)S(=O)(=O)c3ccc(F)cc32)c1. The Hall–Kier alpha value is -3.25. The van der Waals surface area contributed by atoms with Gasteiger partial charge in [-0.3, -0.25) is 4.79 Å². The van der Waals surface area contributed by atoms with E-state index in [9.17, 15) is 17.6 Å². The number of rotatable bonds is 4. The number of benzene rings is 3. The molecule has 0 aliphatic carbocycles. The lowest BCUT2D eigenvalue weighted by molar-refractivity contribution is 0.104. The van der Waals surface area contributed by atoms with Crippen LogP contribution in [0.15, 0.2) is 82.7 Å². The quantitative estimate of drug-likeness (QED) is 0.421. The molecule has 0 unspecified atom stereocenters. The molecule has 0 saturated carbocycles. The summed E-state index contributed by atoms with van der Waals surface area (Å²) in [5, 5.41) is 0. The van der Waals surface area contributed by atoms with E-state index in [4.69, 9.17) is 0 Å². The summed E-state index contributed by atoms with van der Waals surface area (Å²) in [7, 11) is -4.11. The molecule has 0 amide bonds. The molecule has 4 nitrogen and oxygen atoms in total. The summed E-state index contributed by atoms with van der Waals surface area (Å²) in [6, 6.07) is 17.7. The number of carbonyl (C=O) groups is 1. The smallest absolute Gasteiger partial charge is 0.214 e. The summed E-state index contributed by atoms with van der Waals surface area (Å²) in [5.74, 6) is -1.15. The van der Waals surface area contributed by atoms with Crippen LogP contribution in [0.25, 0.3) is 0 Å². The molecule has 30 heavy (non-hydrogen) atoms. The lowest BCUT2D eigenvalue weighted by Crippen LogP contribution is -2.26. The number of hydrogen-bond acceptors (Lipinski definition) is 4. The first-order valence-electron chi connectivity index (χ1n) is 9.57. The number of fused-ring (bicyclic) bond motifs is 1. The number of ketones is 1. The van der Waals surface area contributed by atoms with E-state index in [1.54, 1.807) is 35.2 Å². The number of hydrogen-bond donors (Lipinski definition) is 0. The fraction of sp³-hybridized carbons (Fsp3) is 0.125. The summed E-state index contributed by atoms with van der Waals surface area (Å²) in [4.78, 5) is 14.3. The first-order valence-corrected chi connectivity index (χ1v) is 11.1. The van der Waals surface area contributed by atoms with Crippen molar-refractivity contribution < 1.29 is 17.6 Å². The van der Waals surface area contributed by atoms with Crippen LogP contribution < -0.4 is 4.90 Å². The molecule has 0 fully saturated rings. The Morgan fingerprint density at radius 2 is 1.73 bits per heavy atom. The van der Waals surface area contributed by atoms with Crippen molar-refractivity contribution in [3.63, 3.8) is 0 Å². The molecule has 0 spiro atoms. The monoisotopic (exact) mass is 421 g/mol. The molecule has 0 saturated heterocycles. The summed E-state index contributed by atoms with van der Waals surface area (Å²) in [6.07, 6.45) is 2.09. The molecular weight excluding hydrogens is 401 g/mol. The Morgan fingerprint density at radius 1 is 1.00 bits per heavy atom. The molecule has 0 bridgehead atoms. The largest absolute Gasteiger partial charge is 0.314 e. The van der Waals surface area contributed by atoms with Gasteiger partial charge in [0.15, 0.2) is 0 Å². The minimum Gasteiger partial charge on any atom is -0.314 e. The topological polar surface area (TPSA) is 54.5 Å². The highest BCUT2D eigenvalue weighted by Gasteiger charge is 2.36. The highest BCUT2D eigenvalue weighted by molar-refractivity contribution is 7.96. The third-order valence-corrected chi connectivity index (χ3v) is 6.93. The first-order chi connectivity index (χ1) is 14.3. The summed E-state index contributed by atoms with van der Waals surface area (Å²) in [5.41, 5.74) is 3.13. The molecule has 3 aromatic carbocycles. The fourth-order valence-corrected chi connectivity index (χ4v) is 4.97. The first kappa shape index (κ1) is 20.0. The van der Waals surface area contributed by atoms with Crippen LogP contribution in [0.1, 0.15) is 28.4 Å². The van der Waals surface area contributed by atoms with Crippen LogP contribution in [-0.4, -0.2) is 14.2 Å². The molecule has 0 aromatic heterocycles. The number of anilines is 2. The van der Waals surface area contributed by atoms with Crippen molar-refractivity contribution in [1.82, 2.24) is 0 Å². The van der Waals surface area contributed by atoms with E-state index in [1.165, 1.54) is 18.3 Å². The maximum atomic E-state index is 14.0. The zero-order chi connectivity index (χ0) is 21.5. The molecule has 6 heteroatoms. The normalized spacial score (nSPS) is 14.8. The van der Waals surface area contributed by atoms with Gasteiger partial charge in [0.2, 0.25) is 15.6 Å². The minimum atomic E-state index is -4.11. The second-order valence-corrected chi connectivity index (χ2v) is 9.08. The molecular formula is C24H20FNO3S. The van der Waals surface area contributed by atoms with Crippen molar-refractivity contribution in [3.8, 4) is 0 Å². The molecule has 0 atom stereocenters. The molecule has 1 aliphatic rings. The van der Waals surface area contributed by atoms with E-state index in [1.807, 2.05) is 32.0 Å². The molecule has 1 heterocycles. The standard InChI is InChI=1S/C24H20FNO3S/c1-3-17-5-4-6-20(13-17)26-15-23(24(27)18-9-7-16(2)8-10-18)30(28,29)22-12-11-19(25)14-21(22)26/h4-15H,3H2,1-2H3. The van der Waals surface area contributed by atoms with Gasteiger partial charge in [0.1, 0.15) is 10.7 Å². The highest BCUT2D eigenvalue weighted by atomic mass is 32.2. The van der Waals surface area contributed by atoms with Crippen LogP contribution in [0.5, 0.6) is 0 Å².